The Morgan fingerprint density at radius 2 is 2.19 bits per heavy atom. The number of sulfone groups is 1. The fraction of sp³-hybridized carbons (Fsp3) is 0.538. The van der Waals surface area contributed by atoms with E-state index in [1.807, 2.05) is 17.5 Å². The third-order valence-electron chi connectivity index (χ3n) is 3.35. The van der Waals surface area contributed by atoms with Gasteiger partial charge in [-0.1, -0.05) is 6.07 Å². The number of amides is 1. The fourth-order valence-electron chi connectivity index (χ4n) is 2.24. The van der Waals surface area contributed by atoms with Crippen LogP contribution >= 0.6 is 11.3 Å². The number of hydrogen-bond acceptors (Lipinski definition) is 6. The summed E-state index contributed by atoms with van der Waals surface area (Å²) in [5.74, 6) is -0.948. The highest BCUT2D eigenvalue weighted by molar-refractivity contribution is 7.91. The molecule has 0 N–H and O–H groups in total. The summed E-state index contributed by atoms with van der Waals surface area (Å²) >= 11 is 1.41. The van der Waals surface area contributed by atoms with Gasteiger partial charge in [-0.2, -0.15) is 0 Å². The van der Waals surface area contributed by atoms with Crippen molar-refractivity contribution in [3.05, 3.63) is 22.4 Å². The van der Waals surface area contributed by atoms with Gasteiger partial charge in [0.05, 0.1) is 11.0 Å². The van der Waals surface area contributed by atoms with Gasteiger partial charge in [0.2, 0.25) is 0 Å². The number of hydrogen-bond donors (Lipinski definition) is 0. The van der Waals surface area contributed by atoms with Gasteiger partial charge in [-0.05, 0) is 17.9 Å². The lowest BCUT2D eigenvalue weighted by atomic mass is 10.2. The highest BCUT2D eigenvalue weighted by Crippen LogP contribution is 2.32. The number of esters is 1. The molecule has 0 unspecified atom stereocenters. The molecule has 1 aliphatic heterocycles. The first-order valence-corrected chi connectivity index (χ1v) is 9.16. The highest BCUT2D eigenvalue weighted by Gasteiger charge is 2.33. The number of nitrogens with zero attached hydrogens (tertiary/aromatic N) is 1. The van der Waals surface area contributed by atoms with Crippen LogP contribution in [0.4, 0.5) is 0 Å². The molecule has 0 saturated carbocycles. The summed E-state index contributed by atoms with van der Waals surface area (Å²) in [6.07, 6.45) is 0.370. The van der Waals surface area contributed by atoms with E-state index in [1.165, 1.54) is 23.2 Å². The van der Waals surface area contributed by atoms with Gasteiger partial charge in [-0.15, -0.1) is 11.3 Å². The van der Waals surface area contributed by atoms with E-state index in [0.29, 0.717) is 13.0 Å². The van der Waals surface area contributed by atoms with Gasteiger partial charge in [-0.25, -0.2) is 8.42 Å². The van der Waals surface area contributed by atoms with Crippen LogP contribution in [-0.4, -0.2) is 50.6 Å². The van der Waals surface area contributed by atoms with Crippen LogP contribution in [0.2, 0.25) is 0 Å². The Morgan fingerprint density at radius 1 is 1.43 bits per heavy atom. The second kappa shape index (κ2) is 6.57. The lowest BCUT2D eigenvalue weighted by Gasteiger charge is -2.19. The fourth-order valence-corrected chi connectivity index (χ4v) is 5.25. The van der Waals surface area contributed by atoms with Gasteiger partial charge in [0.1, 0.15) is 0 Å². The highest BCUT2D eigenvalue weighted by atomic mass is 32.2. The molecule has 6 nitrogen and oxygen atoms in total. The van der Waals surface area contributed by atoms with Crippen LogP contribution < -0.4 is 0 Å². The molecule has 1 atom stereocenters. The van der Waals surface area contributed by atoms with E-state index in [1.54, 1.807) is 0 Å². The van der Waals surface area contributed by atoms with Crippen molar-refractivity contribution in [2.75, 3.05) is 25.4 Å². The van der Waals surface area contributed by atoms with Crippen LogP contribution in [0.25, 0.3) is 0 Å². The van der Waals surface area contributed by atoms with Crippen molar-refractivity contribution in [3.8, 4) is 0 Å². The minimum Gasteiger partial charge on any atom is -0.456 e. The molecule has 0 aromatic carbocycles. The molecule has 2 heterocycles. The molecular formula is C13H17NO5S2. The van der Waals surface area contributed by atoms with Gasteiger partial charge in [-0.3, -0.25) is 9.59 Å². The van der Waals surface area contributed by atoms with Crippen LogP contribution in [-0.2, 0) is 24.2 Å². The molecule has 0 spiro atoms. The summed E-state index contributed by atoms with van der Waals surface area (Å²) in [4.78, 5) is 24.9. The zero-order chi connectivity index (χ0) is 15.5. The van der Waals surface area contributed by atoms with Crippen LogP contribution in [0.1, 0.15) is 23.5 Å². The summed E-state index contributed by atoms with van der Waals surface area (Å²) in [7, 11) is -3.27. The second-order valence-corrected chi connectivity index (χ2v) is 8.10. The lowest BCUT2D eigenvalue weighted by Crippen LogP contribution is -2.36. The van der Waals surface area contributed by atoms with E-state index in [2.05, 4.69) is 4.74 Å². The summed E-state index contributed by atoms with van der Waals surface area (Å²) < 4.78 is 29.3. The molecule has 116 valence electrons. The largest absolute Gasteiger partial charge is 0.456 e. The summed E-state index contributed by atoms with van der Waals surface area (Å²) in [5.41, 5.74) is 0. The molecule has 1 aromatic heterocycles. The van der Waals surface area contributed by atoms with Gasteiger partial charge < -0.3 is 9.64 Å². The Balaban J connectivity index is 2.06. The first kappa shape index (κ1) is 16.0. The Hall–Kier alpha value is -1.41. The Morgan fingerprint density at radius 3 is 2.81 bits per heavy atom. The van der Waals surface area contributed by atoms with Crippen LogP contribution in [0.15, 0.2) is 17.5 Å². The van der Waals surface area contributed by atoms with E-state index in [0.717, 1.165) is 4.88 Å². The van der Waals surface area contributed by atoms with E-state index in [4.69, 9.17) is 0 Å². The molecule has 0 radical (unpaired) electrons. The molecule has 1 aromatic rings. The number of carbonyl (C=O) groups excluding carboxylic acids is 2. The smallest absolute Gasteiger partial charge is 0.303 e. The molecule has 8 heteroatoms. The average molecular weight is 331 g/mol. The standard InChI is InChI=1S/C13H17NO5S2/c1-10(15)19-9-13(16)14-5-4-12(11-3-2-7-20-11)21(17,18)8-6-14/h2-3,7,12H,4-6,8-9H2,1H3/t12-/m0/s1. The number of ether oxygens (including phenoxy) is 1. The van der Waals surface area contributed by atoms with Crippen molar-refractivity contribution in [2.45, 2.75) is 18.6 Å². The molecule has 1 aliphatic rings. The van der Waals surface area contributed by atoms with Crippen molar-refractivity contribution in [2.24, 2.45) is 0 Å². The molecule has 1 saturated heterocycles. The Labute approximate surface area is 127 Å². The summed E-state index contributed by atoms with van der Waals surface area (Å²) in [5, 5.41) is 1.29. The van der Waals surface area contributed by atoms with E-state index >= 15 is 0 Å². The number of carbonyl (C=O) groups is 2. The van der Waals surface area contributed by atoms with Crippen LogP contribution in [0.3, 0.4) is 0 Å². The first-order chi connectivity index (χ1) is 9.90. The molecule has 2 rings (SSSR count). The molecule has 1 amide bonds. The maximum Gasteiger partial charge on any atom is 0.303 e. The van der Waals surface area contributed by atoms with Crippen molar-refractivity contribution in [1.29, 1.82) is 0 Å². The van der Waals surface area contributed by atoms with Crippen LogP contribution in [0.5, 0.6) is 0 Å². The van der Waals surface area contributed by atoms with Gasteiger partial charge in [0, 0.05) is 24.9 Å². The summed E-state index contributed by atoms with van der Waals surface area (Å²) in [6, 6.07) is 3.63. The Bertz CT molecular complexity index is 609. The molecular weight excluding hydrogens is 314 g/mol. The normalized spacial score (nSPS) is 21.6. The van der Waals surface area contributed by atoms with E-state index in [9.17, 15) is 18.0 Å². The number of thiophene rings is 1. The first-order valence-electron chi connectivity index (χ1n) is 6.56. The second-order valence-electron chi connectivity index (χ2n) is 4.82. The average Bonchev–Trinajstić information content (AvgIpc) is 2.88. The zero-order valence-corrected chi connectivity index (χ0v) is 13.3. The third kappa shape index (κ3) is 4.04. The monoisotopic (exact) mass is 331 g/mol. The SMILES string of the molecule is CC(=O)OCC(=O)N1CC[C@@H](c2cccs2)S(=O)(=O)CC1. The number of rotatable bonds is 3. The molecule has 21 heavy (non-hydrogen) atoms. The quantitative estimate of drug-likeness (QED) is 0.772. The molecule has 0 bridgehead atoms. The zero-order valence-electron chi connectivity index (χ0n) is 11.6. The summed E-state index contributed by atoms with van der Waals surface area (Å²) in [6.45, 7) is 1.39. The van der Waals surface area contributed by atoms with Crippen LogP contribution in [0, 0.1) is 0 Å². The van der Waals surface area contributed by atoms with Gasteiger partial charge in [0.15, 0.2) is 16.4 Å². The van der Waals surface area contributed by atoms with E-state index in [-0.39, 0.29) is 24.8 Å². The van der Waals surface area contributed by atoms with Crippen molar-refractivity contribution in [3.63, 3.8) is 0 Å². The minimum atomic E-state index is -3.27. The topological polar surface area (TPSA) is 80.8 Å². The van der Waals surface area contributed by atoms with Gasteiger partial charge in [0.25, 0.3) is 5.91 Å². The predicted molar refractivity (Wildman–Crippen MR) is 78.7 cm³/mol. The molecule has 0 aliphatic carbocycles. The lowest BCUT2D eigenvalue weighted by molar-refractivity contribution is -0.150. The van der Waals surface area contributed by atoms with Crippen molar-refractivity contribution >= 4 is 33.1 Å². The third-order valence-corrected chi connectivity index (χ3v) is 6.60. The minimum absolute atomic E-state index is 0.0681. The van der Waals surface area contributed by atoms with E-state index < -0.39 is 21.1 Å². The maximum atomic E-state index is 12.3. The van der Waals surface area contributed by atoms with Crippen molar-refractivity contribution in [1.82, 2.24) is 4.90 Å². The Kier molecular flexibility index (Phi) is 5.00. The van der Waals surface area contributed by atoms with Gasteiger partial charge >= 0.3 is 5.97 Å². The maximum absolute atomic E-state index is 12.3. The molecule has 1 fully saturated rings. The predicted octanol–water partition coefficient (Wildman–Crippen LogP) is 0.999. The van der Waals surface area contributed by atoms with Crippen molar-refractivity contribution < 1.29 is 22.7 Å².